The first-order valence-corrected chi connectivity index (χ1v) is 6.58. The van der Waals surface area contributed by atoms with Gasteiger partial charge in [0.05, 0.1) is 12.4 Å². The molecule has 1 aromatic heterocycles. The van der Waals surface area contributed by atoms with Gasteiger partial charge in [-0.25, -0.2) is 4.98 Å². The number of amides is 1. The molecular formula is C13H22N4O. The second-order valence-corrected chi connectivity index (χ2v) is 4.06. The van der Waals surface area contributed by atoms with Crippen LogP contribution < -0.4 is 5.32 Å². The molecule has 1 heterocycles. The molecule has 0 spiro atoms. The Morgan fingerprint density at radius 2 is 2.11 bits per heavy atom. The van der Waals surface area contributed by atoms with Crippen LogP contribution in [0.4, 0.5) is 5.82 Å². The van der Waals surface area contributed by atoms with E-state index >= 15 is 0 Å². The Hall–Kier alpha value is -1.65. The van der Waals surface area contributed by atoms with Crippen molar-refractivity contribution in [1.82, 2.24) is 14.9 Å². The van der Waals surface area contributed by atoms with Crippen molar-refractivity contribution in [2.45, 2.75) is 33.6 Å². The lowest BCUT2D eigenvalue weighted by Gasteiger charge is -2.20. The molecule has 1 rings (SSSR count). The van der Waals surface area contributed by atoms with Gasteiger partial charge < -0.3 is 10.2 Å². The molecule has 0 aliphatic rings. The van der Waals surface area contributed by atoms with E-state index < -0.39 is 0 Å². The number of hydrogen-bond donors (Lipinski definition) is 1. The number of hydrogen-bond acceptors (Lipinski definition) is 4. The quantitative estimate of drug-likeness (QED) is 0.805. The molecule has 0 atom stereocenters. The summed E-state index contributed by atoms with van der Waals surface area (Å²) in [7, 11) is 0. The zero-order valence-corrected chi connectivity index (χ0v) is 11.4. The van der Waals surface area contributed by atoms with Crippen molar-refractivity contribution in [3.8, 4) is 0 Å². The van der Waals surface area contributed by atoms with Crippen LogP contribution >= 0.6 is 0 Å². The highest BCUT2D eigenvalue weighted by Gasteiger charge is 2.15. The molecule has 5 heteroatoms. The minimum absolute atomic E-state index is 0.0433. The third kappa shape index (κ3) is 3.98. The van der Waals surface area contributed by atoms with Gasteiger partial charge in [-0.3, -0.25) is 9.78 Å². The lowest BCUT2D eigenvalue weighted by atomic mass is 10.3. The molecular weight excluding hydrogens is 228 g/mol. The Balaban J connectivity index is 2.77. The summed E-state index contributed by atoms with van der Waals surface area (Å²) in [6, 6.07) is 0. The van der Waals surface area contributed by atoms with Crippen molar-refractivity contribution < 1.29 is 4.79 Å². The van der Waals surface area contributed by atoms with E-state index in [0.717, 1.165) is 25.9 Å². The minimum Gasteiger partial charge on any atom is -0.369 e. The molecule has 0 radical (unpaired) electrons. The Morgan fingerprint density at radius 3 is 2.72 bits per heavy atom. The van der Waals surface area contributed by atoms with E-state index in [2.05, 4.69) is 22.2 Å². The summed E-state index contributed by atoms with van der Waals surface area (Å²) in [4.78, 5) is 22.4. The maximum atomic E-state index is 12.2. The number of rotatable bonds is 7. The number of aromatic nitrogens is 2. The van der Waals surface area contributed by atoms with E-state index in [4.69, 9.17) is 0 Å². The SMILES string of the molecule is CCCCN(CC)C(=O)c1cncc(NCC)n1. The fourth-order valence-electron chi connectivity index (χ4n) is 1.65. The summed E-state index contributed by atoms with van der Waals surface area (Å²) in [5.41, 5.74) is 0.409. The van der Waals surface area contributed by atoms with Crippen LogP contribution in [0.15, 0.2) is 12.4 Å². The number of unbranched alkanes of at least 4 members (excludes halogenated alkanes) is 1. The summed E-state index contributed by atoms with van der Waals surface area (Å²) in [5.74, 6) is 0.605. The van der Waals surface area contributed by atoms with Crippen LogP contribution in [-0.4, -0.2) is 40.4 Å². The van der Waals surface area contributed by atoms with Gasteiger partial charge in [-0.1, -0.05) is 13.3 Å². The van der Waals surface area contributed by atoms with Crippen molar-refractivity contribution in [1.29, 1.82) is 0 Å². The Labute approximate surface area is 109 Å². The van der Waals surface area contributed by atoms with Crippen LogP contribution in [-0.2, 0) is 0 Å². The van der Waals surface area contributed by atoms with Crippen molar-refractivity contribution in [3.05, 3.63) is 18.1 Å². The van der Waals surface area contributed by atoms with Gasteiger partial charge in [0.2, 0.25) is 0 Å². The molecule has 0 unspecified atom stereocenters. The average Bonchev–Trinajstić information content (AvgIpc) is 2.40. The van der Waals surface area contributed by atoms with Gasteiger partial charge in [0, 0.05) is 19.6 Å². The average molecular weight is 250 g/mol. The van der Waals surface area contributed by atoms with Crippen molar-refractivity contribution >= 4 is 11.7 Å². The first-order chi connectivity index (χ1) is 8.72. The largest absolute Gasteiger partial charge is 0.369 e. The maximum absolute atomic E-state index is 12.2. The van der Waals surface area contributed by atoms with Crippen LogP contribution in [0.25, 0.3) is 0 Å². The standard InChI is InChI=1S/C13H22N4O/c1-4-7-8-17(6-3)13(18)11-9-14-10-12(16-11)15-5-2/h9-10H,4-8H2,1-3H3,(H,15,16). The lowest BCUT2D eigenvalue weighted by Crippen LogP contribution is -2.32. The third-order valence-electron chi connectivity index (χ3n) is 2.66. The smallest absolute Gasteiger partial charge is 0.274 e. The summed E-state index contributed by atoms with van der Waals surface area (Å²) < 4.78 is 0. The molecule has 1 aromatic rings. The van der Waals surface area contributed by atoms with Gasteiger partial charge in [-0.2, -0.15) is 0 Å². The van der Waals surface area contributed by atoms with E-state index in [1.807, 2.05) is 18.7 Å². The highest BCUT2D eigenvalue weighted by atomic mass is 16.2. The van der Waals surface area contributed by atoms with Crippen molar-refractivity contribution in [2.75, 3.05) is 25.0 Å². The van der Waals surface area contributed by atoms with Crippen LogP contribution in [0.2, 0.25) is 0 Å². The van der Waals surface area contributed by atoms with Crippen molar-refractivity contribution in [2.24, 2.45) is 0 Å². The number of carbonyl (C=O) groups is 1. The topological polar surface area (TPSA) is 58.1 Å². The van der Waals surface area contributed by atoms with Crippen LogP contribution in [0.1, 0.15) is 44.1 Å². The summed E-state index contributed by atoms with van der Waals surface area (Å²) >= 11 is 0. The summed E-state index contributed by atoms with van der Waals surface area (Å²) in [6.07, 6.45) is 5.24. The Morgan fingerprint density at radius 1 is 1.33 bits per heavy atom. The lowest BCUT2D eigenvalue weighted by molar-refractivity contribution is 0.0756. The van der Waals surface area contributed by atoms with Crippen LogP contribution in [0, 0.1) is 0 Å². The summed E-state index contributed by atoms with van der Waals surface area (Å²) in [6.45, 7) is 8.32. The van der Waals surface area contributed by atoms with Gasteiger partial charge in [0.25, 0.3) is 5.91 Å². The molecule has 1 N–H and O–H groups in total. The van der Waals surface area contributed by atoms with Gasteiger partial charge in [0.1, 0.15) is 11.5 Å². The molecule has 5 nitrogen and oxygen atoms in total. The first kappa shape index (κ1) is 14.4. The first-order valence-electron chi connectivity index (χ1n) is 6.58. The van der Waals surface area contributed by atoms with E-state index in [9.17, 15) is 4.79 Å². The predicted molar refractivity (Wildman–Crippen MR) is 72.7 cm³/mol. The van der Waals surface area contributed by atoms with Gasteiger partial charge in [0.15, 0.2) is 0 Å². The van der Waals surface area contributed by atoms with Crippen molar-refractivity contribution in [3.63, 3.8) is 0 Å². The fraction of sp³-hybridized carbons (Fsp3) is 0.615. The molecule has 0 saturated heterocycles. The Kier molecular flexibility index (Phi) is 6.11. The maximum Gasteiger partial charge on any atom is 0.274 e. The molecule has 0 bridgehead atoms. The number of carbonyl (C=O) groups excluding carboxylic acids is 1. The molecule has 1 amide bonds. The molecule has 0 fully saturated rings. The monoisotopic (exact) mass is 250 g/mol. The fourth-order valence-corrected chi connectivity index (χ4v) is 1.65. The molecule has 0 aliphatic heterocycles. The highest BCUT2D eigenvalue weighted by molar-refractivity contribution is 5.92. The second kappa shape index (κ2) is 7.63. The van der Waals surface area contributed by atoms with E-state index in [1.165, 1.54) is 6.20 Å². The van der Waals surface area contributed by atoms with E-state index in [-0.39, 0.29) is 5.91 Å². The molecule has 0 aromatic carbocycles. The van der Waals surface area contributed by atoms with Gasteiger partial charge >= 0.3 is 0 Å². The normalized spacial score (nSPS) is 10.2. The number of anilines is 1. The van der Waals surface area contributed by atoms with Gasteiger partial charge in [-0.15, -0.1) is 0 Å². The molecule has 100 valence electrons. The summed E-state index contributed by atoms with van der Waals surface area (Å²) in [5, 5.41) is 3.06. The number of nitrogens with zero attached hydrogens (tertiary/aromatic N) is 3. The molecule has 0 saturated carbocycles. The zero-order valence-electron chi connectivity index (χ0n) is 11.4. The molecule has 18 heavy (non-hydrogen) atoms. The number of nitrogens with one attached hydrogen (secondary N) is 1. The molecule has 0 aliphatic carbocycles. The van der Waals surface area contributed by atoms with Crippen LogP contribution in [0.5, 0.6) is 0 Å². The minimum atomic E-state index is -0.0433. The van der Waals surface area contributed by atoms with E-state index in [1.54, 1.807) is 6.20 Å². The highest BCUT2D eigenvalue weighted by Crippen LogP contribution is 2.06. The Bertz CT molecular complexity index is 381. The van der Waals surface area contributed by atoms with E-state index in [0.29, 0.717) is 18.1 Å². The van der Waals surface area contributed by atoms with Gasteiger partial charge in [-0.05, 0) is 20.3 Å². The predicted octanol–water partition coefficient (Wildman–Crippen LogP) is 2.17. The second-order valence-electron chi connectivity index (χ2n) is 4.06. The zero-order chi connectivity index (χ0) is 13.4. The van der Waals surface area contributed by atoms with Crippen LogP contribution in [0.3, 0.4) is 0 Å². The third-order valence-corrected chi connectivity index (χ3v) is 2.66.